The molecule has 3 aromatic rings. The average molecular weight is 262 g/mol. The molecular weight excluding hydrogens is 249 g/mol. The van der Waals surface area contributed by atoms with E-state index in [4.69, 9.17) is 0 Å². The summed E-state index contributed by atoms with van der Waals surface area (Å²) in [6, 6.07) is 19.4. The Bertz CT molecular complexity index is 791. The minimum absolute atomic E-state index is 0.198. The number of hydrogen-bond donors (Lipinski definition) is 0. The van der Waals surface area contributed by atoms with E-state index in [-0.39, 0.29) is 5.82 Å². The van der Waals surface area contributed by atoms with Gasteiger partial charge in [0, 0.05) is 17.7 Å². The largest absolute Gasteiger partial charge is 0.213 e. The van der Waals surface area contributed by atoms with Crippen molar-refractivity contribution in [3.63, 3.8) is 0 Å². The summed E-state index contributed by atoms with van der Waals surface area (Å²) in [4.78, 5) is 0. The molecule has 0 saturated heterocycles. The molecule has 1 aliphatic heterocycles. The monoisotopic (exact) mass is 262 g/mol. The van der Waals surface area contributed by atoms with Gasteiger partial charge < -0.3 is 0 Å². The van der Waals surface area contributed by atoms with E-state index in [1.54, 1.807) is 0 Å². The van der Waals surface area contributed by atoms with Gasteiger partial charge in [0.15, 0.2) is 12.7 Å². The molecule has 0 unspecified atom stereocenters. The second kappa shape index (κ2) is 4.27. The van der Waals surface area contributed by atoms with E-state index in [1.807, 2.05) is 12.1 Å². The Morgan fingerprint density at radius 3 is 2.50 bits per heavy atom. The van der Waals surface area contributed by atoms with Crippen molar-refractivity contribution in [2.75, 3.05) is 0 Å². The zero-order chi connectivity index (χ0) is 13.5. The van der Waals surface area contributed by atoms with Gasteiger partial charge in [-0.15, -0.1) is 0 Å². The number of halogens is 1. The second-order valence-electron chi connectivity index (χ2n) is 5.09. The lowest BCUT2D eigenvalue weighted by atomic mass is 9.99. The fraction of sp³-hybridized carbons (Fsp3) is 0.0556. The van der Waals surface area contributed by atoms with Gasteiger partial charge in [0.05, 0.1) is 5.56 Å². The van der Waals surface area contributed by atoms with Gasteiger partial charge in [-0.1, -0.05) is 24.3 Å². The van der Waals surface area contributed by atoms with E-state index < -0.39 is 0 Å². The highest BCUT2D eigenvalue weighted by atomic mass is 19.1. The molecule has 0 radical (unpaired) electrons. The number of nitrogens with zero attached hydrogens (tertiary/aromatic N) is 1. The van der Waals surface area contributed by atoms with Gasteiger partial charge in [-0.2, -0.15) is 4.57 Å². The number of fused-ring (bicyclic) bond motifs is 3. The number of rotatable bonds is 1. The summed E-state index contributed by atoms with van der Waals surface area (Å²) in [6.07, 6.45) is 2.10. The second-order valence-corrected chi connectivity index (χ2v) is 5.09. The third-order valence-electron chi connectivity index (χ3n) is 3.84. The van der Waals surface area contributed by atoms with Crippen LogP contribution in [0, 0.1) is 5.82 Å². The van der Waals surface area contributed by atoms with E-state index in [2.05, 4.69) is 47.2 Å². The minimum atomic E-state index is -0.198. The van der Waals surface area contributed by atoms with Crippen molar-refractivity contribution in [1.82, 2.24) is 0 Å². The highest BCUT2D eigenvalue weighted by Gasteiger charge is 2.25. The van der Waals surface area contributed by atoms with Crippen molar-refractivity contribution in [3.8, 4) is 22.4 Å². The molecule has 4 rings (SSSR count). The maximum atomic E-state index is 13.0. The first kappa shape index (κ1) is 11.4. The van der Waals surface area contributed by atoms with Crippen LogP contribution < -0.4 is 4.57 Å². The highest BCUT2D eigenvalue weighted by molar-refractivity contribution is 5.73. The third-order valence-corrected chi connectivity index (χ3v) is 3.84. The number of pyridine rings is 1. The first-order valence-corrected chi connectivity index (χ1v) is 6.69. The summed E-state index contributed by atoms with van der Waals surface area (Å²) >= 11 is 0. The predicted molar refractivity (Wildman–Crippen MR) is 76.6 cm³/mol. The topological polar surface area (TPSA) is 3.88 Å². The quantitative estimate of drug-likeness (QED) is 0.459. The first-order chi connectivity index (χ1) is 9.81. The molecule has 0 bridgehead atoms. The van der Waals surface area contributed by atoms with E-state index in [0.717, 1.165) is 17.7 Å². The fourth-order valence-electron chi connectivity index (χ4n) is 2.82. The van der Waals surface area contributed by atoms with Crippen LogP contribution in [0.25, 0.3) is 22.4 Å². The molecule has 20 heavy (non-hydrogen) atoms. The van der Waals surface area contributed by atoms with Crippen molar-refractivity contribution in [2.24, 2.45) is 0 Å². The van der Waals surface area contributed by atoms with Gasteiger partial charge >= 0.3 is 0 Å². The molecule has 0 fully saturated rings. The Kier molecular flexibility index (Phi) is 2.43. The normalized spacial score (nSPS) is 12.1. The summed E-state index contributed by atoms with van der Waals surface area (Å²) in [7, 11) is 0. The molecule has 2 aromatic carbocycles. The van der Waals surface area contributed by atoms with E-state index >= 15 is 0 Å². The Morgan fingerprint density at radius 1 is 0.850 bits per heavy atom. The third kappa shape index (κ3) is 1.73. The number of hydrogen-bond acceptors (Lipinski definition) is 0. The van der Waals surface area contributed by atoms with Crippen LogP contribution in [0.15, 0.2) is 66.9 Å². The molecule has 0 aliphatic carbocycles. The smallest absolute Gasteiger partial charge is 0.207 e. The van der Waals surface area contributed by atoms with Gasteiger partial charge in [-0.25, -0.2) is 4.39 Å². The van der Waals surface area contributed by atoms with Gasteiger partial charge in [0.1, 0.15) is 5.82 Å². The fourth-order valence-corrected chi connectivity index (χ4v) is 2.82. The Morgan fingerprint density at radius 2 is 1.65 bits per heavy atom. The molecule has 1 aliphatic rings. The van der Waals surface area contributed by atoms with Crippen LogP contribution in [0.2, 0.25) is 0 Å². The molecule has 2 heteroatoms. The van der Waals surface area contributed by atoms with E-state index in [0.29, 0.717) is 0 Å². The SMILES string of the molecule is Fc1ccc(-c2ccc3c(c2)-c2cccc[n+]2C3)cc1. The molecule has 0 saturated carbocycles. The van der Waals surface area contributed by atoms with Gasteiger partial charge in [-0.3, -0.25) is 0 Å². The van der Waals surface area contributed by atoms with Crippen molar-refractivity contribution < 1.29 is 8.96 Å². The van der Waals surface area contributed by atoms with E-state index in [1.165, 1.54) is 29.0 Å². The van der Waals surface area contributed by atoms with Crippen LogP contribution in [0.4, 0.5) is 4.39 Å². The Hall–Kier alpha value is -2.48. The van der Waals surface area contributed by atoms with Crippen molar-refractivity contribution in [2.45, 2.75) is 6.54 Å². The predicted octanol–water partition coefficient (Wildman–Crippen LogP) is 3.81. The number of benzene rings is 2. The van der Waals surface area contributed by atoms with Gasteiger partial charge in [0.2, 0.25) is 5.69 Å². The molecule has 0 spiro atoms. The molecule has 0 amide bonds. The molecule has 0 atom stereocenters. The summed E-state index contributed by atoms with van der Waals surface area (Å²) in [6.45, 7) is 0.926. The molecule has 1 aromatic heterocycles. The Balaban J connectivity index is 1.85. The van der Waals surface area contributed by atoms with Crippen LogP contribution in [0.3, 0.4) is 0 Å². The van der Waals surface area contributed by atoms with Crippen LogP contribution in [-0.2, 0) is 6.54 Å². The van der Waals surface area contributed by atoms with Crippen molar-refractivity contribution >= 4 is 0 Å². The lowest BCUT2D eigenvalue weighted by Gasteiger charge is -2.03. The Labute approximate surface area is 116 Å². The maximum Gasteiger partial charge on any atom is 0.213 e. The summed E-state index contributed by atoms with van der Waals surface area (Å²) in [5.74, 6) is -0.198. The average Bonchev–Trinajstić information content (AvgIpc) is 2.86. The van der Waals surface area contributed by atoms with Crippen LogP contribution >= 0.6 is 0 Å². The van der Waals surface area contributed by atoms with Crippen molar-refractivity contribution in [1.29, 1.82) is 0 Å². The minimum Gasteiger partial charge on any atom is -0.207 e. The lowest BCUT2D eigenvalue weighted by Crippen LogP contribution is -2.31. The number of aromatic nitrogens is 1. The molecule has 2 heterocycles. The highest BCUT2D eigenvalue weighted by Crippen LogP contribution is 2.31. The molecule has 0 N–H and O–H groups in total. The summed E-state index contributed by atoms with van der Waals surface area (Å²) < 4.78 is 15.3. The maximum absolute atomic E-state index is 13.0. The molecule has 1 nitrogen and oxygen atoms in total. The first-order valence-electron chi connectivity index (χ1n) is 6.69. The van der Waals surface area contributed by atoms with Crippen molar-refractivity contribution in [3.05, 3.63) is 78.2 Å². The molecule has 96 valence electrons. The summed E-state index contributed by atoms with van der Waals surface area (Å²) in [5.41, 5.74) is 6.02. The van der Waals surface area contributed by atoms with Crippen LogP contribution in [0.5, 0.6) is 0 Å². The van der Waals surface area contributed by atoms with E-state index in [9.17, 15) is 4.39 Å². The van der Waals surface area contributed by atoms with Gasteiger partial charge in [-0.05, 0) is 35.4 Å². The van der Waals surface area contributed by atoms with Gasteiger partial charge in [0.25, 0.3) is 0 Å². The summed E-state index contributed by atoms with van der Waals surface area (Å²) in [5, 5.41) is 0. The molecular formula is C18H13FN+. The zero-order valence-corrected chi connectivity index (χ0v) is 10.9. The van der Waals surface area contributed by atoms with Crippen LogP contribution in [-0.4, -0.2) is 0 Å². The standard InChI is InChI=1S/C18H13FN/c19-16-8-6-13(7-9-16)14-4-5-15-12-20-10-2-1-3-18(20)17(15)11-14/h1-11H,12H2/q+1. The lowest BCUT2D eigenvalue weighted by molar-refractivity contribution is -0.672. The van der Waals surface area contributed by atoms with Crippen LogP contribution in [0.1, 0.15) is 5.56 Å². The zero-order valence-electron chi connectivity index (χ0n) is 10.9.